The molecule has 0 aliphatic rings. The maximum atomic E-state index is 6.20. The van der Waals surface area contributed by atoms with Crippen LogP contribution < -0.4 is 0 Å². The van der Waals surface area contributed by atoms with Gasteiger partial charge in [0.1, 0.15) is 0 Å². The van der Waals surface area contributed by atoms with Crippen molar-refractivity contribution in [3.63, 3.8) is 0 Å². The minimum atomic E-state index is 0.496. The Kier molecular flexibility index (Phi) is 3.44. The van der Waals surface area contributed by atoms with Crippen LogP contribution in [-0.4, -0.2) is 16.1 Å². The molecule has 5 heteroatoms. The SMILES string of the molecule is ClCCc1nnc2cc(Br)ccc2c1Cl. The quantitative estimate of drug-likeness (QED) is 0.788. The standard InChI is InChI=1S/C10H7BrCl2N2/c11-6-1-2-7-9(5-6)15-14-8(3-4-12)10(7)13/h1-2,5H,3-4H2. The van der Waals surface area contributed by atoms with Crippen LogP contribution in [-0.2, 0) is 6.42 Å². The summed E-state index contributed by atoms with van der Waals surface area (Å²) in [5.74, 6) is 0.496. The summed E-state index contributed by atoms with van der Waals surface area (Å²) in [5, 5.41) is 9.71. The van der Waals surface area contributed by atoms with Crippen LogP contribution in [0.3, 0.4) is 0 Å². The molecule has 0 fully saturated rings. The van der Waals surface area contributed by atoms with Crippen molar-refractivity contribution >= 4 is 50.0 Å². The van der Waals surface area contributed by atoms with Crippen LogP contribution in [0, 0.1) is 0 Å². The number of nitrogens with zero attached hydrogens (tertiary/aromatic N) is 2. The van der Waals surface area contributed by atoms with Crippen molar-refractivity contribution in [2.75, 3.05) is 5.88 Å². The summed E-state index contributed by atoms with van der Waals surface area (Å²) >= 11 is 15.2. The smallest absolute Gasteiger partial charge is 0.0956 e. The molecule has 15 heavy (non-hydrogen) atoms. The Hall–Kier alpha value is -0.380. The number of hydrogen-bond donors (Lipinski definition) is 0. The van der Waals surface area contributed by atoms with Crippen LogP contribution in [0.15, 0.2) is 22.7 Å². The molecule has 0 N–H and O–H groups in total. The fourth-order valence-electron chi connectivity index (χ4n) is 1.34. The average Bonchev–Trinajstić information content (AvgIpc) is 2.22. The van der Waals surface area contributed by atoms with Crippen LogP contribution in [0.25, 0.3) is 10.9 Å². The molecule has 0 aliphatic carbocycles. The summed E-state index contributed by atoms with van der Waals surface area (Å²) in [6.07, 6.45) is 0.638. The van der Waals surface area contributed by atoms with Crippen molar-refractivity contribution in [1.82, 2.24) is 10.2 Å². The number of rotatable bonds is 2. The van der Waals surface area contributed by atoms with E-state index in [1.807, 2.05) is 18.2 Å². The van der Waals surface area contributed by atoms with Gasteiger partial charge in [-0.15, -0.1) is 11.6 Å². The van der Waals surface area contributed by atoms with Gasteiger partial charge in [-0.2, -0.15) is 10.2 Å². The lowest BCUT2D eigenvalue weighted by molar-refractivity contribution is 0.948. The second-order valence-corrected chi connectivity index (χ2v) is 4.73. The molecule has 78 valence electrons. The molecule has 2 nitrogen and oxygen atoms in total. The molecule has 0 bridgehead atoms. The van der Waals surface area contributed by atoms with Gasteiger partial charge >= 0.3 is 0 Å². The lowest BCUT2D eigenvalue weighted by Crippen LogP contribution is -1.96. The molecule has 2 rings (SSSR count). The normalized spacial score (nSPS) is 10.9. The molecular formula is C10H7BrCl2N2. The monoisotopic (exact) mass is 304 g/mol. The first-order valence-electron chi connectivity index (χ1n) is 4.38. The summed E-state index contributed by atoms with van der Waals surface area (Å²) in [6.45, 7) is 0. The Morgan fingerprint density at radius 3 is 2.80 bits per heavy atom. The van der Waals surface area contributed by atoms with Gasteiger partial charge in [-0.3, -0.25) is 0 Å². The Morgan fingerprint density at radius 1 is 1.27 bits per heavy atom. The number of alkyl halides is 1. The number of halogens is 3. The molecule has 0 atom stereocenters. The summed E-state index contributed by atoms with van der Waals surface area (Å²) in [5.41, 5.74) is 1.54. The minimum Gasteiger partial charge on any atom is -0.153 e. The Bertz CT molecular complexity index is 502. The van der Waals surface area contributed by atoms with Gasteiger partial charge in [-0.05, 0) is 12.1 Å². The zero-order chi connectivity index (χ0) is 10.8. The number of aryl methyl sites for hydroxylation is 1. The fraction of sp³-hybridized carbons (Fsp3) is 0.200. The summed E-state index contributed by atoms with van der Waals surface area (Å²) < 4.78 is 0.963. The third-order valence-electron chi connectivity index (χ3n) is 2.06. The first-order valence-corrected chi connectivity index (χ1v) is 6.09. The van der Waals surface area contributed by atoms with Gasteiger partial charge in [0, 0.05) is 22.2 Å². The van der Waals surface area contributed by atoms with E-state index in [0.717, 1.165) is 21.1 Å². The molecule has 0 saturated heterocycles. The number of hydrogen-bond acceptors (Lipinski definition) is 2. The Labute approximate surface area is 106 Å². The average molecular weight is 306 g/mol. The van der Waals surface area contributed by atoms with Crippen molar-refractivity contribution < 1.29 is 0 Å². The van der Waals surface area contributed by atoms with Gasteiger partial charge in [0.2, 0.25) is 0 Å². The van der Waals surface area contributed by atoms with E-state index in [1.165, 1.54) is 0 Å². The lowest BCUT2D eigenvalue weighted by Gasteiger charge is -2.04. The van der Waals surface area contributed by atoms with E-state index >= 15 is 0 Å². The van der Waals surface area contributed by atoms with E-state index in [-0.39, 0.29) is 0 Å². The number of benzene rings is 1. The highest BCUT2D eigenvalue weighted by Crippen LogP contribution is 2.26. The van der Waals surface area contributed by atoms with Gasteiger partial charge in [-0.1, -0.05) is 33.6 Å². The van der Waals surface area contributed by atoms with Gasteiger partial charge < -0.3 is 0 Å². The van der Waals surface area contributed by atoms with Crippen LogP contribution in [0.1, 0.15) is 5.69 Å². The first kappa shape index (κ1) is 11.1. The van der Waals surface area contributed by atoms with E-state index in [0.29, 0.717) is 17.3 Å². The van der Waals surface area contributed by atoms with Gasteiger partial charge in [0.05, 0.1) is 16.2 Å². The highest BCUT2D eigenvalue weighted by atomic mass is 79.9. The largest absolute Gasteiger partial charge is 0.153 e. The lowest BCUT2D eigenvalue weighted by atomic mass is 10.2. The van der Waals surface area contributed by atoms with Crippen molar-refractivity contribution in [1.29, 1.82) is 0 Å². The van der Waals surface area contributed by atoms with Gasteiger partial charge in [-0.25, -0.2) is 0 Å². The van der Waals surface area contributed by atoms with Crippen LogP contribution in [0.5, 0.6) is 0 Å². The summed E-state index contributed by atoms with van der Waals surface area (Å²) in [4.78, 5) is 0. The molecule has 0 spiro atoms. The Morgan fingerprint density at radius 2 is 2.07 bits per heavy atom. The van der Waals surface area contributed by atoms with Crippen LogP contribution >= 0.6 is 39.1 Å². The Balaban J connectivity index is 2.63. The number of aromatic nitrogens is 2. The van der Waals surface area contributed by atoms with E-state index in [9.17, 15) is 0 Å². The van der Waals surface area contributed by atoms with E-state index in [1.54, 1.807) is 0 Å². The second kappa shape index (κ2) is 4.64. The molecular weight excluding hydrogens is 299 g/mol. The van der Waals surface area contributed by atoms with Crippen molar-refractivity contribution in [3.05, 3.63) is 33.4 Å². The van der Waals surface area contributed by atoms with Crippen molar-refractivity contribution in [2.24, 2.45) is 0 Å². The topological polar surface area (TPSA) is 25.8 Å². The van der Waals surface area contributed by atoms with Crippen molar-refractivity contribution in [3.8, 4) is 0 Å². The molecule has 1 aromatic carbocycles. The minimum absolute atomic E-state index is 0.496. The summed E-state index contributed by atoms with van der Waals surface area (Å²) in [7, 11) is 0. The predicted molar refractivity (Wildman–Crippen MR) is 66.7 cm³/mol. The molecule has 0 unspecified atom stereocenters. The zero-order valence-corrected chi connectivity index (χ0v) is 10.8. The van der Waals surface area contributed by atoms with E-state index < -0.39 is 0 Å². The van der Waals surface area contributed by atoms with E-state index in [2.05, 4.69) is 26.1 Å². The fourth-order valence-corrected chi connectivity index (χ4v) is 2.16. The molecule has 2 aromatic rings. The maximum Gasteiger partial charge on any atom is 0.0956 e. The molecule has 0 saturated carbocycles. The van der Waals surface area contributed by atoms with Crippen LogP contribution in [0.4, 0.5) is 0 Å². The van der Waals surface area contributed by atoms with Gasteiger partial charge in [0.15, 0.2) is 0 Å². The molecule has 0 aliphatic heterocycles. The van der Waals surface area contributed by atoms with Gasteiger partial charge in [0.25, 0.3) is 0 Å². The molecule has 1 aromatic heterocycles. The summed E-state index contributed by atoms with van der Waals surface area (Å²) in [6, 6.07) is 5.74. The third-order valence-corrected chi connectivity index (χ3v) is 3.16. The van der Waals surface area contributed by atoms with Crippen molar-refractivity contribution in [2.45, 2.75) is 6.42 Å². The van der Waals surface area contributed by atoms with Crippen LogP contribution in [0.2, 0.25) is 5.02 Å². The second-order valence-electron chi connectivity index (χ2n) is 3.06. The molecule has 0 radical (unpaired) electrons. The zero-order valence-electron chi connectivity index (χ0n) is 7.67. The molecule has 0 amide bonds. The highest BCUT2D eigenvalue weighted by molar-refractivity contribution is 9.10. The first-order chi connectivity index (χ1) is 7.22. The maximum absolute atomic E-state index is 6.20. The molecule has 1 heterocycles. The highest BCUT2D eigenvalue weighted by Gasteiger charge is 2.08. The number of fused-ring (bicyclic) bond motifs is 1. The third kappa shape index (κ3) is 2.25. The van der Waals surface area contributed by atoms with E-state index in [4.69, 9.17) is 23.2 Å². The predicted octanol–water partition coefficient (Wildman–Crippen LogP) is 3.83.